The molecule has 0 saturated heterocycles. The summed E-state index contributed by atoms with van der Waals surface area (Å²) >= 11 is 0. The minimum atomic E-state index is -0.556. The summed E-state index contributed by atoms with van der Waals surface area (Å²) in [7, 11) is 0. The molecule has 1 aliphatic rings. The van der Waals surface area contributed by atoms with Crippen LogP contribution in [0, 0.1) is 12.3 Å². The van der Waals surface area contributed by atoms with Crippen LogP contribution in [0.4, 0.5) is 0 Å². The van der Waals surface area contributed by atoms with Gasteiger partial charge in [0.25, 0.3) is 5.91 Å². The lowest BCUT2D eigenvalue weighted by atomic mass is 10.2. The molecule has 1 heterocycles. The normalized spacial score (nSPS) is 16.3. The minimum absolute atomic E-state index is 0.320. The third kappa shape index (κ3) is 1.47. The Morgan fingerprint density at radius 1 is 1.73 bits per heavy atom. The molecule has 0 spiro atoms. The van der Waals surface area contributed by atoms with Gasteiger partial charge in [0, 0.05) is 6.54 Å². The second kappa shape index (κ2) is 3.02. The molecular weight excluding hydrogens is 142 g/mol. The van der Waals surface area contributed by atoms with Gasteiger partial charge >= 0.3 is 5.91 Å². The topological polar surface area (TPSA) is 37.4 Å². The Kier molecular flexibility index (Phi) is 2.07. The molecule has 0 unspecified atom stereocenters. The lowest BCUT2D eigenvalue weighted by Crippen LogP contribution is -2.37. The highest BCUT2D eigenvalue weighted by Gasteiger charge is 2.18. The molecule has 0 N–H and O–H groups in total. The van der Waals surface area contributed by atoms with E-state index in [0.29, 0.717) is 13.0 Å². The SMILES string of the molecule is C#CC(=O)N1CCC=CC1=O. The average Bonchev–Trinajstić information content (AvgIpc) is 2.04. The average molecular weight is 149 g/mol. The Morgan fingerprint density at radius 2 is 2.45 bits per heavy atom. The van der Waals surface area contributed by atoms with Crippen molar-refractivity contribution < 1.29 is 9.59 Å². The molecule has 2 amide bonds. The molecule has 0 bridgehead atoms. The van der Waals surface area contributed by atoms with Gasteiger partial charge in [0.1, 0.15) is 0 Å². The molecule has 0 saturated carbocycles. The first kappa shape index (κ1) is 7.55. The van der Waals surface area contributed by atoms with E-state index in [1.54, 1.807) is 6.08 Å². The Balaban J connectivity index is 2.75. The first-order valence-electron chi connectivity index (χ1n) is 3.24. The summed E-state index contributed by atoms with van der Waals surface area (Å²) < 4.78 is 0. The van der Waals surface area contributed by atoms with Crippen LogP contribution in [-0.4, -0.2) is 23.3 Å². The summed E-state index contributed by atoms with van der Waals surface area (Å²) in [5, 5.41) is 0. The van der Waals surface area contributed by atoms with Crippen LogP contribution in [0.5, 0.6) is 0 Å². The lowest BCUT2D eigenvalue weighted by Gasteiger charge is -2.18. The Labute approximate surface area is 64.7 Å². The van der Waals surface area contributed by atoms with Crippen molar-refractivity contribution >= 4 is 11.8 Å². The van der Waals surface area contributed by atoms with Gasteiger partial charge in [0.2, 0.25) is 0 Å². The molecule has 0 fully saturated rings. The van der Waals surface area contributed by atoms with Crippen molar-refractivity contribution in [1.29, 1.82) is 0 Å². The summed E-state index contributed by atoms with van der Waals surface area (Å²) in [5.41, 5.74) is 0. The number of hydrogen-bond donors (Lipinski definition) is 0. The second-order valence-electron chi connectivity index (χ2n) is 2.13. The Morgan fingerprint density at radius 3 is 3.00 bits per heavy atom. The van der Waals surface area contributed by atoms with Gasteiger partial charge < -0.3 is 0 Å². The van der Waals surface area contributed by atoms with Crippen LogP contribution in [0.25, 0.3) is 0 Å². The van der Waals surface area contributed by atoms with Gasteiger partial charge in [0.05, 0.1) is 0 Å². The number of nitrogens with zero attached hydrogens (tertiary/aromatic N) is 1. The molecule has 0 aromatic carbocycles. The number of rotatable bonds is 0. The van der Waals surface area contributed by atoms with Gasteiger partial charge in [-0.2, -0.15) is 0 Å². The molecule has 0 radical (unpaired) electrons. The predicted molar refractivity (Wildman–Crippen MR) is 39.3 cm³/mol. The number of terminal acetylenes is 1. The van der Waals surface area contributed by atoms with E-state index >= 15 is 0 Å². The molecule has 0 aliphatic carbocycles. The van der Waals surface area contributed by atoms with Gasteiger partial charge in [-0.25, -0.2) is 0 Å². The number of imide groups is 1. The van der Waals surface area contributed by atoms with E-state index in [0.717, 1.165) is 4.90 Å². The molecule has 3 nitrogen and oxygen atoms in total. The van der Waals surface area contributed by atoms with E-state index < -0.39 is 5.91 Å². The van der Waals surface area contributed by atoms with Crippen LogP contribution in [0.15, 0.2) is 12.2 Å². The van der Waals surface area contributed by atoms with E-state index in [4.69, 9.17) is 6.42 Å². The van der Waals surface area contributed by atoms with E-state index in [1.807, 2.05) is 5.92 Å². The smallest absolute Gasteiger partial charge is 0.269 e. The molecule has 56 valence electrons. The van der Waals surface area contributed by atoms with Gasteiger partial charge in [-0.15, -0.1) is 6.42 Å². The largest absolute Gasteiger partial charge is 0.305 e. The lowest BCUT2D eigenvalue weighted by molar-refractivity contribution is -0.138. The van der Waals surface area contributed by atoms with Gasteiger partial charge in [-0.05, 0) is 18.4 Å². The van der Waals surface area contributed by atoms with Crippen molar-refractivity contribution in [1.82, 2.24) is 4.90 Å². The molecule has 11 heavy (non-hydrogen) atoms. The highest BCUT2D eigenvalue weighted by Crippen LogP contribution is 2.02. The highest BCUT2D eigenvalue weighted by molar-refractivity contribution is 6.07. The molecule has 1 rings (SSSR count). The molecule has 3 heteroatoms. The molecular formula is C8H7NO2. The van der Waals surface area contributed by atoms with Crippen molar-refractivity contribution in [3.05, 3.63) is 12.2 Å². The monoisotopic (exact) mass is 149 g/mol. The first-order valence-corrected chi connectivity index (χ1v) is 3.24. The van der Waals surface area contributed by atoms with Crippen molar-refractivity contribution in [3.8, 4) is 12.3 Å². The first-order chi connectivity index (χ1) is 5.25. The van der Waals surface area contributed by atoms with Crippen molar-refractivity contribution in [2.45, 2.75) is 6.42 Å². The second-order valence-corrected chi connectivity index (χ2v) is 2.13. The fourth-order valence-electron chi connectivity index (χ4n) is 0.867. The van der Waals surface area contributed by atoms with E-state index in [2.05, 4.69) is 0 Å². The molecule has 1 aliphatic heterocycles. The third-order valence-corrected chi connectivity index (χ3v) is 1.41. The van der Waals surface area contributed by atoms with E-state index in [-0.39, 0.29) is 5.91 Å². The van der Waals surface area contributed by atoms with Crippen molar-refractivity contribution in [2.75, 3.05) is 6.54 Å². The third-order valence-electron chi connectivity index (χ3n) is 1.41. The standard InChI is InChI=1S/C8H7NO2/c1-2-7(10)9-6-4-3-5-8(9)11/h1,3,5H,4,6H2. The number of amides is 2. The van der Waals surface area contributed by atoms with Gasteiger partial charge in [0.15, 0.2) is 0 Å². The Bertz CT molecular complexity index is 260. The maximum Gasteiger partial charge on any atom is 0.305 e. The van der Waals surface area contributed by atoms with Gasteiger partial charge in [-0.3, -0.25) is 14.5 Å². The number of carbonyl (C=O) groups excluding carboxylic acids is 2. The van der Waals surface area contributed by atoms with E-state index in [1.165, 1.54) is 6.08 Å². The van der Waals surface area contributed by atoms with Crippen LogP contribution in [-0.2, 0) is 9.59 Å². The van der Waals surface area contributed by atoms with Crippen LogP contribution >= 0.6 is 0 Å². The van der Waals surface area contributed by atoms with Crippen LogP contribution in [0.2, 0.25) is 0 Å². The van der Waals surface area contributed by atoms with E-state index in [9.17, 15) is 9.59 Å². The predicted octanol–water partition coefficient (Wildman–Crippen LogP) is -0.0653. The summed E-state index contributed by atoms with van der Waals surface area (Å²) in [4.78, 5) is 22.8. The van der Waals surface area contributed by atoms with Crippen LogP contribution in [0.1, 0.15) is 6.42 Å². The zero-order valence-corrected chi connectivity index (χ0v) is 5.91. The summed E-state index contributed by atoms with van der Waals surface area (Å²) in [6.45, 7) is 0.401. The summed E-state index contributed by atoms with van der Waals surface area (Å²) in [6.07, 6.45) is 8.63. The maximum absolute atomic E-state index is 10.9. The van der Waals surface area contributed by atoms with Crippen LogP contribution in [0.3, 0.4) is 0 Å². The zero-order valence-electron chi connectivity index (χ0n) is 5.91. The zero-order chi connectivity index (χ0) is 8.27. The Hall–Kier alpha value is -1.56. The van der Waals surface area contributed by atoms with Crippen LogP contribution < -0.4 is 0 Å². The fourth-order valence-corrected chi connectivity index (χ4v) is 0.867. The summed E-state index contributed by atoms with van der Waals surface area (Å²) in [5.74, 6) is 1.02. The number of hydrogen-bond acceptors (Lipinski definition) is 2. The van der Waals surface area contributed by atoms with Crippen molar-refractivity contribution in [3.63, 3.8) is 0 Å². The fraction of sp³-hybridized carbons (Fsp3) is 0.250. The minimum Gasteiger partial charge on any atom is -0.269 e. The molecule has 0 aromatic rings. The quantitative estimate of drug-likeness (QED) is 0.452. The van der Waals surface area contributed by atoms with Crippen molar-refractivity contribution in [2.24, 2.45) is 0 Å². The van der Waals surface area contributed by atoms with Gasteiger partial charge in [-0.1, -0.05) is 6.08 Å². The molecule has 0 aromatic heterocycles. The molecule has 0 atom stereocenters. The highest BCUT2D eigenvalue weighted by atomic mass is 16.2. The summed E-state index contributed by atoms with van der Waals surface area (Å²) in [6, 6.07) is 0. The maximum atomic E-state index is 10.9. The number of carbonyl (C=O) groups is 2.